The van der Waals surface area contributed by atoms with E-state index in [-0.39, 0.29) is 0 Å². The normalized spacial score (nSPS) is 10.3. The molecule has 0 saturated heterocycles. The van der Waals surface area contributed by atoms with Gasteiger partial charge in [0.1, 0.15) is 6.07 Å². The van der Waals surface area contributed by atoms with Crippen molar-refractivity contribution in [3.63, 3.8) is 0 Å². The summed E-state index contributed by atoms with van der Waals surface area (Å²) in [5, 5.41) is 16.9. The Kier molecular flexibility index (Phi) is 3.57. The number of nitriles is 1. The van der Waals surface area contributed by atoms with Crippen molar-refractivity contribution in [1.82, 2.24) is 9.78 Å². The molecule has 2 rings (SSSR count). The Morgan fingerprint density at radius 2 is 2.05 bits per heavy atom. The molecule has 0 saturated carbocycles. The van der Waals surface area contributed by atoms with Gasteiger partial charge in [-0.2, -0.15) is 10.4 Å². The predicted octanol–water partition coefficient (Wildman–Crippen LogP) is 2.83. The van der Waals surface area contributed by atoms with Gasteiger partial charge in [-0.1, -0.05) is 12.1 Å². The predicted molar refractivity (Wildman–Crippen MR) is 75.9 cm³/mol. The van der Waals surface area contributed by atoms with Crippen molar-refractivity contribution in [3.05, 3.63) is 46.3 Å². The fourth-order valence-corrected chi connectivity index (χ4v) is 2.22. The Labute approximate surface area is 113 Å². The van der Waals surface area contributed by atoms with Crippen LogP contribution in [0.15, 0.2) is 18.2 Å². The highest BCUT2D eigenvalue weighted by Crippen LogP contribution is 2.20. The van der Waals surface area contributed by atoms with Gasteiger partial charge in [-0.05, 0) is 32.4 Å². The SMILES string of the molecule is Cc1cccc(NCc2c(C)nn(C)c2C)c1C#N. The van der Waals surface area contributed by atoms with E-state index in [1.54, 1.807) is 0 Å². The zero-order chi connectivity index (χ0) is 14.0. The first-order chi connectivity index (χ1) is 9.04. The Hall–Kier alpha value is -2.28. The standard InChI is InChI=1S/C15H18N4/c1-10-6-5-7-15(13(10)8-16)17-9-14-11(2)18-19(4)12(14)3/h5-7,17H,9H2,1-4H3. The summed E-state index contributed by atoms with van der Waals surface area (Å²) < 4.78 is 1.88. The number of aromatic nitrogens is 2. The number of aryl methyl sites for hydroxylation is 3. The lowest BCUT2D eigenvalue weighted by Gasteiger charge is -2.10. The van der Waals surface area contributed by atoms with Crippen LogP contribution in [0, 0.1) is 32.1 Å². The lowest BCUT2D eigenvalue weighted by molar-refractivity contribution is 0.730. The second-order valence-corrected chi connectivity index (χ2v) is 4.74. The Morgan fingerprint density at radius 3 is 2.63 bits per heavy atom. The second-order valence-electron chi connectivity index (χ2n) is 4.74. The van der Waals surface area contributed by atoms with Gasteiger partial charge in [0.25, 0.3) is 0 Å². The Balaban J connectivity index is 2.25. The van der Waals surface area contributed by atoms with E-state index in [1.807, 2.05) is 43.8 Å². The zero-order valence-electron chi connectivity index (χ0n) is 11.8. The zero-order valence-corrected chi connectivity index (χ0v) is 11.8. The maximum absolute atomic E-state index is 9.20. The molecule has 0 aliphatic carbocycles. The van der Waals surface area contributed by atoms with E-state index in [0.29, 0.717) is 12.1 Å². The highest BCUT2D eigenvalue weighted by atomic mass is 15.3. The fourth-order valence-electron chi connectivity index (χ4n) is 2.22. The van der Waals surface area contributed by atoms with Crippen molar-refractivity contribution in [2.45, 2.75) is 27.3 Å². The lowest BCUT2D eigenvalue weighted by atomic mass is 10.1. The molecule has 0 bridgehead atoms. The molecule has 19 heavy (non-hydrogen) atoms. The number of nitrogens with one attached hydrogen (secondary N) is 1. The van der Waals surface area contributed by atoms with E-state index in [4.69, 9.17) is 0 Å². The van der Waals surface area contributed by atoms with Gasteiger partial charge in [-0.3, -0.25) is 4.68 Å². The van der Waals surface area contributed by atoms with Crippen LogP contribution in [-0.4, -0.2) is 9.78 Å². The molecular weight excluding hydrogens is 236 g/mol. The molecule has 0 spiro atoms. The van der Waals surface area contributed by atoms with Gasteiger partial charge >= 0.3 is 0 Å². The molecule has 0 fully saturated rings. The van der Waals surface area contributed by atoms with Crippen molar-refractivity contribution in [1.29, 1.82) is 5.26 Å². The van der Waals surface area contributed by atoms with E-state index in [1.165, 1.54) is 5.56 Å². The Bertz CT molecular complexity index is 647. The molecule has 4 nitrogen and oxygen atoms in total. The van der Waals surface area contributed by atoms with Crippen LogP contribution in [-0.2, 0) is 13.6 Å². The molecule has 1 aromatic carbocycles. The average molecular weight is 254 g/mol. The van der Waals surface area contributed by atoms with Gasteiger partial charge in [-0.15, -0.1) is 0 Å². The summed E-state index contributed by atoms with van der Waals surface area (Å²) in [4.78, 5) is 0. The van der Waals surface area contributed by atoms with E-state index in [9.17, 15) is 5.26 Å². The smallest absolute Gasteiger partial charge is 0.102 e. The molecular formula is C15H18N4. The van der Waals surface area contributed by atoms with E-state index >= 15 is 0 Å². The van der Waals surface area contributed by atoms with Crippen molar-refractivity contribution in [2.75, 3.05) is 5.32 Å². The maximum atomic E-state index is 9.20. The number of nitrogens with zero attached hydrogens (tertiary/aromatic N) is 3. The number of hydrogen-bond donors (Lipinski definition) is 1. The third-order valence-electron chi connectivity index (χ3n) is 3.50. The molecule has 0 unspecified atom stereocenters. The van der Waals surface area contributed by atoms with Crippen LogP contribution in [0.25, 0.3) is 0 Å². The van der Waals surface area contributed by atoms with Gasteiger partial charge < -0.3 is 5.32 Å². The molecule has 1 N–H and O–H groups in total. The second kappa shape index (κ2) is 5.15. The minimum absolute atomic E-state index is 0.684. The number of benzene rings is 1. The lowest BCUT2D eigenvalue weighted by Crippen LogP contribution is -2.04. The van der Waals surface area contributed by atoms with Gasteiger partial charge in [0.15, 0.2) is 0 Å². The number of rotatable bonds is 3. The molecule has 0 radical (unpaired) electrons. The summed E-state index contributed by atoms with van der Waals surface area (Å²) in [5.74, 6) is 0. The molecule has 0 amide bonds. The molecule has 2 aromatic rings. The first-order valence-corrected chi connectivity index (χ1v) is 6.27. The molecule has 1 heterocycles. The molecule has 0 aliphatic rings. The molecule has 0 aliphatic heterocycles. The average Bonchev–Trinajstić information content (AvgIpc) is 2.61. The first-order valence-electron chi connectivity index (χ1n) is 6.27. The van der Waals surface area contributed by atoms with Gasteiger partial charge in [0.2, 0.25) is 0 Å². The quantitative estimate of drug-likeness (QED) is 0.916. The summed E-state index contributed by atoms with van der Waals surface area (Å²) in [6.45, 7) is 6.69. The topological polar surface area (TPSA) is 53.6 Å². The van der Waals surface area contributed by atoms with Crippen LogP contribution in [0.2, 0.25) is 0 Å². The number of hydrogen-bond acceptors (Lipinski definition) is 3. The monoisotopic (exact) mass is 254 g/mol. The van der Waals surface area contributed by atoms with Crippen LogP contribution in [0.5, 0.6) is 0 Å². The highest BCUT2D eigenvalue weighted by Gasteiger charge is 2.10. The summed E-state index contributed by atoms with van der Waals surface area (Å²) >= 11 is 0. The van der Waals surface area contributed by atoms with Crippen molar-refractivity contribution in [2.24, 2.45) is 7.05 Å². The molecule has 0 atom stereocenters. The third-order valence-corrected chi connectivity index (χ3v) is 3.50. The van der Waals surface area contributed by atoms with Crippen LogP contribution < -0.4 is 5.32 Å². The van der Waals surface area contributed by atoms with Gasteiger partial charge in [-0.25, -0.2) is 0 Å². The first kappa shape index (κ1) is 13.2. The summed E-state index contributed by atoms with van der Waals surface area (Å²) in [5.41, 5.74) is 5.95. The highest BCUT2D eigenvalue weighted by molar-refractivity contribution is 5.60. The molecule has 98 valence electrons. The van der Waals surface area contributed by atoms with Crippen LogP contribution in [0.1, 0.15) is 28.1 Å². The minimum Gasteiger partial charge on any atom is -0.380 e. The summed E-state index contributed by atoms with van der Waals surface area (Å²) in [6.07, 6.45) is 0. The van der Waals surface area contributed by atoms with Gasteiger partial charge in [0.05, 0.1) is 16.9 Å². The van der Waals surface area contributed by atoms with Crippen molar-refractivity contribution in [3.8, 4) is 6.07 Å². The van der Waals surface area contributed by atoms with E-state index in [2.05, 4.69) is 23.4 Å². The van der Waals surface area contributed by atoms with Crippen molar-refractivity contribution < 1.29 is 0 Å². The fraction of sp³-hybridized carbons (Fsp3) is 0.333. The molecule has 1 aromatic heterocycles. The van der Waals surface area contributed by atoms with Crippen LogP contribution in [0.3, 0.4) is 0 Å². The van der Waals surface area contributed by atoms with E-state index in [0.717, 1.165) is 22.6 Å². The molecule has 4 heteroatoms. The summed E-state index contributed by atoms with van der Waals surface area (Å²) in [6, 6.07) is 8.10. The minimum atomic E-state index is 0.684. The summed E-state index contributed by atoms with van der Waals surface area (Å²) in [7, 11) is 1.94. The van der Waals surface area contributed by atoms with E-state index < -0.39 is 0 Å². The largest absolute Gasteiger partial charge is 0.380 e. The van der Waals surface area contributed by atoms with Crippen LogP contribution in [0.4, 0.5) is 5.69 Å². The number of anilines is 1. The third kappa shape index (κ3) is 2.45. The van der Waals surface area contributed by atoms with Crippen molar-refractivity contribution >= 4 is 5.69 Å². The Morgan fingerprint density at radius 1 is 1.32 bits per heavy atom. The maximum Gasteiger partial charge on any atom is 0.102 e. The van der Waals surface area contributed by atoms with Crippen LogP contribution >= 0.6 is 0 Å². The van der Waals surface area contributed by atoms with Gasteiger partial charge in [0, 0.05) is 24.8 Å².